The summed E-state index contributed by atoms with van der Waals surface area (Å²) in [6.45, 7) is 9.26. The number of nitrogens with zero attached hydrogens (tertiary/aromatic N) is 2. The molecule has 40 heavy (non-hydrogen) atoms. The van der Waals surface area contributed by atoms with E-state index in [2.05, 4.69) is 73.4 Å². The second-order valence-electron chi connectivity index (χ2n) is 9.87. The summed E-state index contributed by atoms with van der Waals surface area (Å²) >= 11 is 1.77. The molecular weight excluding hydrogens is 697 g/mol. The number of ketones is 1. The number of hydrogen-bond donors (Lipinski definition) is 1. The van der Waals surface area contributed by atoms with Gasteiger partial charge < -0.3 is 9.52 Å². The molecular formula is C33H29IrN2O3S-. The van der Waals surface area contributed by atoms with Crippen molar-refractivity contribution in [1.29, 1.82) is 0 Å². The second kappa shape index (κ2) is 12.3. The van der Waals surface area contributed by atoms with Crippen molar-refractivity contribution in [2.24, 2.45) is 0 Å². The van der Waals surface area contributed by atoms with E-state index in [1.807, 2.05) is 25.1 Å². The number of rotatable bonds is 4. The first-order chi connectivity index (χ1) is 18.7. The van der Waals surface area contributed by atoms with E-state index in [9.17, 15) is 4.79 Å². The monoisotopic (exact) mass is 726 g/mol. The van der Waals surface area contributed by atoms with Crippen LogP contribution in [0.3, 0.4) is 0 Å². The normalized spacial score (nSPS) is 11.5. The van der Waals surface area contributed by atoms with Gasteiger partial charge in [0, 0.05) is 42.1 Å². The van der Waals surface area contributed by atoms with Crippen molar-refractivity contribution >= 4 is 49.4 Å². The zero-order valence-corrected chi connectivity index (χ0v) is 26.1. The minimum Gasteiger partial charge on any atom is -0.512 e. The Labute approximate surface area is 250 Å². The zero-order chi connectivity index (χ0) is 27.7. The number of aryl methyl sites for hydroxylation is 1. The molecule has 6 aromatic rings. The molecule has 4 heterocycles. The summed E-state index contributed by atoms with van der Waals surface area (Å²) in [5.41, 5.74) is 7.68. The van der Waals surface area contributed by atoms with Gasteiger partial charge in [0.2, 0.25) is 5.71 Å². The van der Waals surface area contributed by atoms with Crippen LogP contribution in [0.25, 0.3) is 54.0 Å². The summed E-state index contributed by atoms with van der Waals surface area (Å²) in [6.07, 6.45) is 1.17. The van der Waals surface area contributed by atoms with Crippen LogP contribution >= 0.6 is 11.3 Å². The number of pyridine rings is 2. The molecule has 0 fully saturated rings. The number of allylic oxidation sites excluding steroid dienone is 2. The third kappa shape index (κ3) is 6.23. The van der Waals surface area contributed by atoms with Crippen LogP contribution in [0.4, 0.5) is 0 Å². The van der Waals surface area contributed by atoms with Gasteiger partial charge in [-0.05, 0) is 67.8 Å². The summed E-state index contributed by atoms with van der Waals surface area (Å²) in [5.74, 6) is 0.472. The van der Waals surface area contributed by atoms with Crippen molar-refractivity contribution in [3.8, 4) is 21.7 Å². The van der Waals surface area contributed by atoms with Gasteiger partial charge >= 0.3 is 0 Å². The number of benzene rings is 2. The Hall–Kier alpha value is -3.64. The largest absolute Gasteiger partial charge is 0.512 e. The van der Waals surface area contributed by atoms with Gasteiger partial charge in [0.05, 0.1) is 21.6 Å². The zero-order valence-electron chi connectivity index (χ0n) is 22.9. The van der Waals surface area contributed by atoms with E-state index in [4.69, 9.17) is 14.5 Å². The number of aliphatic hydroxyl groups excluding tert-OH is 1. The number of aromatic nitrogens is 2. The first-order valence-electron chi connectivity index (χ1n) is 12.8. The van der Waals surface area contributed by atoms with Gasteiger partial charge in [0.25, 0.3) is 0 Å². The van der Waals surface area contributed by atoms with Crippen LogP contribution < -0.4 is 0 Å². The molecule has 0 aliphatic carbocycles. The first kappa shape index (κ1) is 29.3. The van der Waals surface area contributed by atoms with Crippen LogP contribution in [-0.4, -0.2) is 20.9 Å². The summed E-state index contributed by atoms with van der Waals surface area (Å²) in [5, 5.41) is 10.4. The molecule has 4 aromatic heterocycles. The molecule has 0 aliphatic rings. The van der Waals surface area contributed by atoms with E-state index in [1.54, 1.807) is 11.3 Å². The number of thiophene rings is 1. The average Bonchev–Trinajstić information content (AvgIpc) is 3.48. The van der Waals surface area contributed by atoms with Crippen molar-refractivity contribution in [1.82, 2.24) is 9.97 Å². The van der Waals surface area contributed by atoms with Crippen molar-refractivity contribution < 1.29 is 34.4 Å². The Kier molecular flexibility index (Phi) is 8.99. The van der Waals surface area contributed by atoms with Crippen molar-refractivity contribution in [2.45, 2.75) is 40.5 Å². The average molecular weight is 726 g/mol. The van der Waals surface area contributed by atoms with E-state index in [0.717, 1.165) is 38.8 Å². The molecule has 2 aromatic carbocycles. The van der Waals surface area contributed by atoms with E-state index in [1.165, 1.54) is 40.6 Å². The fraction of sp³-hybridized carbons (Fsp3) is 0.182. The Balaban J connectivity index is 0.000000413. The van der Waals surface area contributed by atoms with Crippen LogP contribution in [0.2, 0.25) is 0 Å². The third-order valence-electron chi connectivity index (χ3n) is 6.34. The molecule has 0 spiro atoms. The maximum absolute atomic E-state index is 10.0. The van der Waals surface area contributed by atoms with Crippen LogP contribution in [-0.2, 0) is 24.9 Å². The molecule has 1 N–H and O–H groups in total. The van der Waals surface area contributed by atoms with Crippen LogP contribution in [0.5, 0.6) is 0 Å². The number of carbonyl (C=O) groups is 1. The predicted molar refractivity (Wildman–Crippen MR) is 160 cm³/mol. The molecule has 6 rings (SSSR count). The van der Waals surface area contributed by atoms with Gasteiger partial charge in [0.15, 0.2) is 5.78 Å². The summed E-state index contributed by atoms with van der Waals surface area (Å²) in [7, 11) is 0. The Bertz CT molecular complexity index is 1850. The van der Waals surface area contributed by atoms with Crippen molar-refractivity contribution in [2.75, 3.05) is 0 Å². The van der Waals surface area contributed by atoms with Gasteiger partial charge in [-0.25, -0.2) is 4.98 Å². The van der Waals surface area contributed by atoms with Gasteiger partial charge in [-0.2, -0.15) is 0 Å². The molecule has 0 atom stereocenters. The SMILES string of the molecule is CC(=O)/C=C(/C)O.Cc1ccc2c(n1)oc1c(-c3ccc4sc(-c5ccc(C(C)C)cc5)cc4n3)[c-]ccc12.[Ir]. The number of carbonyl (C=O) groups excluding carboxylic acids is 1. The molecule has 0 saturated carbocycles. The van der Waals surface area contributed by atoms with Gasteiger partial charge in [-0.15, -0.1) is 29.5 Å². The molecule has 7 heteroatoms. The maximum Gasteiger partial charge on any atom is 0.216 e. The van der Waals surface area contributed by atoms with E-state index in [-0.39, 0.29) is 31.6 Å². The van der Waals surface area contributed by atoms with Gasteiger partial charge in [-0.3, -0.25) is 9.78 Å². The molecule has 0 amide bonds. The molecule has 205 valence electrons. The Morgan fingerprint density at radius 3 is 2.40 bits per heavy atom. The molecule has 0 bridgehead atoms. The van der Waals surface area contributed by atoms with Crippen LogP contribution in [0.15, 0.2) is 83.0 Å². The molecule has 1 radical (unpaired) electrons. The van der Waals surface area contributed by atoms with Gasteiger partial charge in [0.1, 0.15) is 0 Å². The number of hydrogen-bond acceptors (Lipinski definition) is 6. The number of aliphatic hydroxyl groups is 1. The molecule has 0 unspecified atom stereocenters. The fourth-order valence-corrected chi connectivity index (χ4v) is 5.44. The fourth-order valence-electron chi connectivity index (χ4n) is 4.44. The quantitative estimate of drug-likeness (QED) is 0.112. The predicted octanol–water partition coefficient (Wildman–Crippen LogP) is 9.19. The molecule has 0 saturated heterocycles. The minimum atomic E-state index is -0.125. The standard InChI is InChI=1S/C28H21N2OS.C5H8O2.Ir/c1-16(2)18-8-10-19(11-9-18)26-15-24-25(32-26)14-13-23(30-24)22-6-4-5-20-21-12-7-17(3)29-28(21)31-27(20)22;1-4(6)3-5(2)7;/h4-5,7-16H,1-3H3;3,6H,1-2H3;/q-1;;/b;4-3-;. The minimum absolute atomic E-state index is 0. The number of fused-ring (bicyclic) bond motifs is 4. The van der Waals surface area contributed by atoms with Crippen molar-refractivity contribution in [3.05, 3.63) is 95.9 Å². The topological polar surface area (TPSA) is 76.2 Å². The summed E-state index contributed by atoms with van der Waals surface area (Å²) in [6, 6.07) is 26.6. The van der Waals surface area contributed by atoms with E-state index >= 15 is 0 Å². The Morgan fingerprint density at radius 2 is 1.75 bits per heavy atom. The smallest absolute Gasteiger partial charge is 0.216 e. The van der Waals surface area contributed by atoms with Crippen LogP contribution in [0.1, 0.15) is 44.9 Å². The molecule has 5 nitrogen and oxygen atoms in total. The van der Waals surface area contributed by atoms with E-state index < -0.39 is 0 Å². The van der Waals surface area contributed by atoms with Crippen molar-refractivity contribution in [3.63, 3.8) is 0 Å². The first-order valence-corrected chi connectivity index (χ1v) is 13.6. The van der Waals surface area contributed by atoms with Crippen LogP contribution in [0, 0.1) is 13.0 Å². The van der Waals surface area contributed by atoms with E-state index in [0.29, 0.717) is 11.6 Å². The number of furan rings is 1. The summed E-state index contributed by atoms with van der Waals surface area (Å²) < 4.78 is 7.33. The third-order valence-corrected chi connectivity index (χ3v) is 7.48. The molecule has 0 aliphatic heterocycles. The Morgan fingerprint density at radius 1 is 1.00 bits per heavy atom. The maximum atomic E-state index is 10.0. The second-order valence-corrected chi connectivity index (χ2v) is 11.0. The summed E-state index contributed by atoms with van der Waals surface area (Å²) in [4.78, 5) is 20.8. The van der Waals surface area contributed by atoms with Gasteiger partial charge in [-0.1, -0.05) is 55.1 Å².